The molecule has 0 bridgehead atoms. The summed E-state index contributed by atoms with van der Waals surface area (Å²) >= 11 is 5.99. The molecule has 3 nitrogen and oxygen atoms in total. The van der Waals surface area contributed by atoms with Gasteiger partial charge in [0.25, 0.3) is 5.91 Å². The van der Waals surface area contributed by atoms with Crippen LogP contribution in [0.3, 0.4) is 0 Å². The van der Waals surface area contributed by atoms with Crippen molar-refractivity contribution in [3.8, 4) is 0 Å². The predicted octanol–water partition coefficient (Wildman–Crippen LogP) is 2.05. The normalized spacial score (nSPS) is 23.6. The first-order chi connectivity index (χ1) is 10.0. The van der Waals surface area contributed by atoms with E-state index in [1.54, 1.807) is 0 Å². The number of likely N-dealkylation sites (N-methyl/N-ethyl adjacent to an activating group) is 1. The largest absolute Gasteiger partial charge is 0.348 e. The van der Waals surface area contributed by atoms with Crippen LogP contribution >= 0.6 is 11.6 Å². The molecule has 3 atom stereocenters. The van der Waals surface area contributed by atoms with E-state index in [4.69, 9.17) is 11.6 Å². The summed E-state index contributed by atoms with van der Waals surface area (Å²) in [4.78, 5) is 13.3. The Bertz CT molecular complexity index is 478. The maximum absolute atomic E-state index is 12.2. The minimum absolute atomic E-state index is 0.160. The lowest BCUT2D eigenvalue weighted by atomic mass is 9.86. The fourth-order valence-corrected chi connectivity index (χ4v) is 3.33. The molecular formula is C17H26ClN2O+. The summed E-state index contributed by atoms with van der Waals surface area (Å²) in [6.07, 6.45) is 4.89. The van der Waals surface area contributed by atoms with Crippen LogP contribution < -0.4 is 10.2 Å². The Morgan fingerprint density at radius 1 is 1.38 bits per heavy atom. The summed E-state index contributed by atoms with van der Waals surface area (Å²) < 4.78 is 0. The molecule has 2 N–H and O–H groups in total. The van der Waals surface area contributed by atoms with E-state index in [0.29, 0.717) is 18.5 Å². The molecule has 1 saturated carbocycles. The van der Waals surface area contributed by atoms with E-state index in [-0.39, 0.29) is 5.91 Å². The van der Waals surface area contributed by atoms with Gasteiger partial charge in [-0.15, -0.1) is 0 Å². The number of hydrogen-bond acceptors (Lipinski definition) is 1. The van der Waals surface area contributed by atoms with Gasteiger partial charge in [-0.1, -0.05) is 43.5 Å². The Morgan fingerprint density at radius 3 is 2.86 bits per heavy atom. The van der Waals surface area contributed by atoms with Crippen LogP contribution in [0, 0.1) is 5.92 Å². The minimum Gasteiger partial charge on any atom is -0.348 e. The lowest BCUT2D eigenvalue weighted by molar-refractivity contribution is -0.885. The van der Waals surface area contributed by atoms with E-state index >= 15 is 0 Å². The van der Waals surface area contributed by atoms with Crippen LogP contribution in [0.25, 0.3) is 0 Å². The van der Waals surface area contributed by atoms with Crippen LogP contribution in [0.1, 0.15) is 38.2 Å². The van der Waals surface area contributed by atoms with Crippen molar-refractivity contribution in [3.63, 3.8) is 0 Å². The first kappa shape index (κ1) is 16.3. The highest BCUT2D eigenvalue weighted by Gasteiger charge is 2.23. The molecule has 1 unspecified atom stereocenters. The topological polar surface area (TPSA) is 33.5 Å². The molecule has 1 aromatic carbocycles. The predicted molar refractivity (Wildman–Crippen MR) is 86.5 cm³/mol. The molecule has 21 heavy (non-hydrogen) atoms. The van der Waals surface area contributed by atoms with Gasteiger partial charge in [0.05, 0.1) is 7.05 Å². The van der Waals surface area contributed by atoms with Crippen LogP contribution in [-0.4, -0.2) is 25.5 Å². The van der Waals surface area contributed by atoms with Crippen LogP contribution in [-0.2, 0) is 11.3 Å². The molecule has 0 aliphatic heterocycles. The van der Waals surface area contributed by atoms with Crippen LogP contribution in [0.5, 0.6) is 0 Å². The lowest BCUT2D eigenvalue weighted by Gasteiger charge is -2.29. The Morgan fingerprint density at radius 2 is 2.14 bits per heavy atom. The smallest absolute Gasteiger partial charge is 0.275 e. The molecule has 1 aliphatic carbocycles. The van der Waals surface area contributed by atoms with E-state index in [0.717, 1.165) is 18.0 Å². The molecular weight excluding hydrogens is 284 g/mol. The molecule has 1 fully saturated rings. The van der Waals surface area contributed by atoms with E-state index in [9.17, 15) is 4.79 Å². The molecule has 1 aliphatic rings. The summed E-state index contributed by atoms with van der Waals surface area (Å²) in [6.45, 7) is 3.57. The number of rotatable bonds is 5. The third-order valence-electron chi connectivity index (χ3n) is 4.32. The van der Waals surface area contributed by atoms with Gasteiger partial charge in [-0.05, 0) is 30.9 Å². The van der Waals surface area contributed by atoms with Crippen molar-refractivity contribution < 1.29 is 9.69 Å². The summed E-state index contributed by atoms with van der Waals surface area (Å²) in [6, 6.07) is 8.21. The van der Waals surface area contributed by atoms with Gasteiger partial charge in [0.15, 0.2) is 6.54 Å². The van der Waals surface area contributed by atoms with E-state index in [1.807, 2.05) is 25.2 Å². The number of hydrogen-bond donors (Lipinski definition) is 2. The van der Waals surface area contributed by atoms with Crippen molar-refractivity contribution in [2.24, 2.45) is 5.92 Å². The number of amides is 1. The van der Waals surface area contributed by atoms with Gasteiger partial charge in [-0.2, -0.15) is 0 Å². The zero-order valence-corrected chi connectivity index (χ0v) is 13.7. The Labute approximate surface area is 132 Å². The monoisotopic (exact) mass is 309 g/mol. The second-order valence-electron chi connectivity index (χ2n) is 6.38. The highest BCUT2D eigenvalue weighted by Crippen LogP contribution is 2.23. The molecule has 0 saturated heterocycles. The standard InChI is InChI=1S/C17H25ClN2O/c1-13-6-3-4-9-16(13)19-17(21)12-20(2)11-14-7-5-8-15(18)10-14/h5,7-8,10,13,16H,3-4,6,9,11-12H2,1-2H3,(H,19,21)/p+1/t13-,16-/m1/s1. The highest BCUT2D eigenvalue weighted by atomic mass is 35.5. The molecule has 1 amide bonds. The van der Waals surface area contributed by atoms with Gasteiger partial charge in [-0.3, -0.25) is 4.79 Å². The number of halogens is 1. The van der Waals surface area contributed by atoms with Crippen LogP contribution in [0.4, 0.5) is 0 Å². The first-order valence-electron chi connectivity index (χ1n) is 7.89. The van der Waals surface area contributed by atoms with Gasteiger partial charge in [0.1, 0.15) is 6.54 Å². The second-order valence-corrected chi connectivity index (χ2v) is 6.81. The number of quaternary nitrogens is 1. The van der Waals surface area contributed by atoms with Crippen molar-refractivity contribution in [1.29, 1.82) is 0 Å². The molecule has 2 rings (SSSR count). The van der Waals surface area contributed by atoms with Crippen molar-refractivity contribution in [2.45, 2.75) is 45.2 Å². The van der Waals surface area contributed by atoms with Crippen LogP contribution in [0.15, 0.2) is 24.3 Å². The third kappa shape index (κ3) is 5.33. The Kier molecular flexibility index (Phi) is 6.07. The fraction of sp³-hybridized carbons (Fsp3) is 0.588. The van der Waals surface area contributed by atoms with Gasteiger partial charge >= 0.3 is 0 Å². The summed E-state index contributed by atoms with van der Waals surface area (Å²) in [5.74, 6) is 0.768. The van der Waals surface area contributed by atoms with Crippen molar-refractivity contribution in [1.82, 2.24) is 5.32 Å². The molecule has 4 heteroatoms. The number of nitrogens with one attached hydrogen (secondary N) is 2. The van der Waals surface area contributed by atoms with E-state index in [2.05, 4.69) is 18.3 Å². The van der Waals surface area contributed by atoms with E-state index < -0.39 is 0 Å². The maximum atomic E-state index is 12.2. The quantitative estimate of drug-likeness (QED) is 0.857. The average molecular weight is 310 g/mol. The number of carbonyl (C=O) groups is 1. The summed E-state index contributed by atoms with van der Waals surface area (Å²) in [7, 11) is 2.05. The lowest BCUT2D eigenvalue weighted by Crippen LogP contribution is -3.09. The first-order valence-corrected chi connectivity index (χ1v) is 8.27. The highest BCUT2D eigenvalue weighted by molar-refractivity contribution is 6.30. The Hall–Kier alpha value is -1.06. The van der Waals surface area contributed by atoms with Crippen molar-refractivity contribution >= 4 is 17.5 Å². The van der Waals surface area contributed by atoms with Gasteiger partial charge < -0.3 is 10.2 Å². The fourth-order valence-electron chi connectivity index (χ4n) is 3.12. The third-order valence-corrected chi connectivity index (χ3v) is 4.55. The maximum Gasteiger partial charge on any atom is 0.275 e. The number of carbonyl (C=O) groups excluding carboxylic acids is 1. The number of benzene rings is 1. The minimum atomic E-state index is 0.160. The zero-order chi connectivity index (χ0) is 15.2. The molecule has 1 aromatic rings. The van der Waals surface area contributed by atoms with Crippen molar-refractivity contribution in [3.05, 3.63) is 34.9 Å². The molecule has 0 heterocycles. The van der Waals surface area contributed by atoms with Crippen molar-refractivity contribution in [2.75, 3.05) is 13.6 Å². The summed E-state index contributed by atoms with van der Waals surface area (Å²) in [5.41, 5.74) is 1.17. The van der Waals surface area contributed by atoms with Gasteiger partial charge in [0, 0.05) is 16.6 Å². The van der Waals surface area contributed by atoms with Gasteiger partial charge in [-0.25, -0.2) is 0 Å². The molecule has 0 radical (unpaired) electrons. The average Bonchev–Trinajstić information content (AvgIpc) is 2.41. The van der Waals surface area contributed by atoms with E-state index in [1.165, 1.54) is 29.7 Å². The molecule has 0 aromatic heterocycles. The SMILES string of the molecule is C[C@@H]1CCCC[C@H]1NC(=O)C[NH+](C)Cc1cccc(Cl)c1. The van der Waals surface area contributed by atoms with Crippen LogP contribution in [0.2, 0.25) is 5.02 Å². The second kappa shape index (κ2) is 7.81. The Balaban J connectivity index is 1.79. The summed E-state index contributed by atoms with van der Waals surface area (Å²) in [5, 5.41) is 3.96. The zero-order valence-electron chi connectivity index (χ0n) is 13.0. The molecule has 0 spiro atoms. The van der Waals surface area contributed by atoms with Gasteiger partial charge in [0.2, 0.25) is 0 Å². The molecule has 116 valence electrons.